The standard InChI is InChI=1S/C11H12FNS/c1-2-7-13-8-9-14-11-6-4-3-5-10(11)12/h1,3-6,13H,7-9H2. The number of terminal acetylenes is 1. The largest absolute Gasteiger partial charge is 0.305 e. The third-order valence-electron chi connectivity index (χ3n) is 1.60. The number of hydrogen-bond donors (Lipinski definition) is 1. The van der Waals surface area contributed by atoms with Crippen molar-refractivity contribution in [1.82, 2.24) is 5.32 Å². The molecule has 74 valence electrons. The summed E-state index contributed by atoms with van der Waals surface area (Å²) in [5.41, 5.74) is 0. The van der Waals surface area contributed by atoms with Crippen LogP contribution in [-0.4, -0.2) is 18.8 Å². The summed E-state index contributed by atoms with van der Waals surface area (Å²) in [4.78, 5) is 0.690. The van der Waals surface area contributed by atoms with E-state index in [1.807, 2.05) is 6.07 Å². The van der Waals surface area contributed by atoms with Crippen LogP contribution in [0, 0.1) is 18.2 Å². The molecule has 0 heterocycles. The first-order chi connectivity index (χ1) is 6.84. The average molecular weight is 209 g/mol. The normalized spacial score (nSPS) is 9.71. The Labute approximate surface area is 88.1 Å². The highest BCUT2D eigenvalue weighted by atomic mass is 32.2. The highest BCUT2D eigenvalue weighted by molar-refractivity contribution is 7.99. The van der Waals surface area contributed by atoms with Crippen LogP contribution in [0.1, 0.15) is 0 Å². The highest BCUT2D eigenvalue weighted by Gasteiger charge is 1.99. The van der Waals surface area contributed by atoms with E-state index in [0.29, 0.717) is 11.4 Å². The summed E-state index contributed by atoms with van der Waals surface area (Å²) in [5, 5.41) is 3.05. The second-order valence-electron chi connectivity index (χ2n) is 2.66. The maximum Gasteiger partial charge on any atom is 0.136 e. The van der Waals surface area contributed by atoms with Crippen molar-refractivity contribution in [3.8, 4) is 12.3 Å². The molecule has 1 nitrogen and oxygen atoms in total. The SMILES string of the molecule is C#CCNCCSc1ccccc1F. The maximum atomic E-state index is 13.1. The third-order valence-corrected chi connectivity index (χ3v) is 2.65. The molecule has 0 fully saturated rings. The molecule has 1 N–H and O–H groups in total. The number of halogens is 1. The molecular formula is C11H12FNS. The second kappa shape index (κ2) is 6.47. The van der Waals surface area contributed by atoms with Gasteiger partial charge in [0.25, 0.3) is 0 Å². The summed E-state index contributed by atoms with van der Waals surface area (Å²) in [7, 11) is 0. The lowest BCUT2D eigenvalue weighted by Gasteiger charge is -2.02. The van der Waals surface area contributed by atoms with E-state index >= 15 is 0 Å². The van der Waals surface area contributed by atoms with Gasteiger partial charge in [-0.1, -0.05) is 18.1 Å². The molecule has 0 saturated carbocycles. The molecule has 0 aliphatic heterocycles. The monoisotopic (exact) mass is 209 g/mol. The van der Waals surface area contributed by atoms with Gasteiger partial charge in [-0.05, 0) is 12.1 Å². The first-order valence-corrected chi connectivity index (χ1v) is 5.34. The lowest BCUT2D eigenvalue weighted by Crippen LogP contribution is -2.16. The molecule has 1 aromatic carbocycles. The van der Waals surface area contributed by atoms with E-state index in [-0.39, 0.29) is 5.82 Å². The van der Waals surface area contributed by atoms with E-state index < -0.39 is 0 Å². The molecule has 14 heavy (non-hydrogen) atoms. The van der Waals surface area contributed by atoms with E-state index in [4.69, 9.17) is 6.42 Å². The zero-order valence-electron chi connectivity index (χ0n) is 7.79. The number of hydrogen-bond acceptors (Lipinski definition) is 2. The summed E-state index contributed by atoms with van der Waals surface area (Å²) in [6.07, 6.45) is 5.07. The number of nitrogens with one attached hydrogen (secondary N) is 1. The van der Waals surface area contributed by atoms with Gasteiger partial charge in [-0.25, -0.2) is 4.39 Å². The van der Waals surface area contributed by atoms with Gasteiger partial charge < -0.3 is 5.32 Å². The minimum atomic E-state index is -0.158. The molecule has 0 aliphatic carbocycles. The predicted octanol–water partition coefficient (Wildman–Crippen LogP) is 2.14. The van der Waals surface area contributed by atoms with Crippen molar-refractivity contribution in [2.45, 2.75) is 4.90 Å². The molecule has 1 aromatic rings. The van der Waals surface area contributed by atoms with Gasteiger partial charge in [-0.15, -0.1) is 18.2 Å². The molecule has 1 rings (SSSR count). The third kappa shape index (κ3) is 3.82. The molecular weight excluding hydrogens is 197 g/mol. The fraction of sp³-hybridized carbons (Fsp3) is 0.273. The van der Waals surface area contributed by atoms with Crippen LogP contribution in [0.3, 0.4) is 0 Å². The Morgan fingerprint density at radius 3 is 2.93 bits per heavy atom. The smallest absolute Gasteiger partial charge is 0.136 e. The topological polar surface area (TPSA) is 12.0 Å². The summed E-state index contributed by atoms with van der Waals surface area (Å²) >= 11 is 1.49. The van der Waals surface area contributed by atoms with Crippen LogP contribution in [-0.2, 0) is 0 Å². The molecule has 0 saturated heterocycles. The number of rotatable bonds is 5. The first kappa shape index (κ1) is 11.1. The molecule has 0 atom stereocenters. The summed E-state index contributed by atoms with van der Waals surface area (Å²) in [5.74, 6) is 3.15. The first-order valence-electron chi connectivity index (χ1n) is 4.36. The molecule has 0 aliphatic rings. The number of benzene rings is 1. The van der Waals surface area contributed by atoms with Crippen LogP contribution < -0.4 is 5.32 Å². The fourth-order valence-electron chi connectivity index (χ4n) is 0.956. The van der Waals surface area contributed by atoms with Crippen molar-refractivity contribution in [2.75, 3.05) is 18.8 Å². The number of thioether (sulfide) groups is 1. The predicted molar refractivity (Wildman–Crippen MR) is 58.8 cm³/mol. The Balaban J connectivity index is 2.25. The van der Waals surface area contributed by atoms with Gasteiger partial charge >= 0.3 is 0 Å². The summed E-state index contributed by atoms with van der Waals surface area (Å²) < 4.78 is 13.1. The van der Waals surface area contributed by atoms with Crippen LogP contribution in [0.15, 0.2) is 29.2 Å². The fourth-order valence-corrected chi connectivity index (χ4v) is 1.80. The minimum absolute atomic E-state index is 0.158. The zero-order chi connectivity index (χ0) is 10.2. The van der Waals surface area contributed by atoms with Crippen molar-refractivity contribution in [3.05, 3.63) is 30.1 Å². The van der Waals surface area contributed by atoms with Gasteiger partial charge in [0.1, 0.15) is 5.82 Å². The second-order valence-corrected chi connectivity index (χ2v) is 3.80. The van der Waals surface area contributed by atoms with Gasteiger partial charge in [0.05, 0.1) is 6.54 Å². The van der Waals surface area contributed by atoms with Crippen LogP contribution in [0.25, 0.3) is 0 Å². The van der Waals surface area contributed by atoms with Gasteiger partial charge in [0, 0.05) is 17.2 Å². The van der Waals surface area contributed by atoms with Crippen molar-refractivity contribution >= 4 is 11.8 Å². The molecule has 0 aromatic heterocycles. The average Bonchev–Trinajstić information content (AvgIpc) is 2.20. The summed E-state index contributed by atoms with van der Waals surface area (Å²) in [6, 6.07) is 6.77. The minimum Gasteiger partial charge on any atom is -0.305 e. The van der Waals surface area contributed by atoms with E-state index in [0.717, 1.165) is 12.3 Å². The Bertz CT molecular complexity index is 319. The van der Waals surface area contributed by atoms with E-state index in [1.165, 1.54) is 17.8 Å². The molecule has 0 amide bonds. The van der Waals surface area contributed by atoms with Gasteiger partial charge in [-0.3, -0.25) is 0 Å². The Hall–Kier alpha value is -0.980. The van der Waals surface area contributed by atoms with Crippen LogP contribution in [0.5, 0.6) is 0 Å². The summed E-state index contributed by atoms with van der Waals surface area (Å²) in [6.45, 7) is 1.36. The van der Waals surface area contributed by atoms with Crippen molar-refractivity contribution < 1.29 is 4.39 Å². The Morgan fingerprint density at radius 2 is 2.21 bits per heavy atom. The molecule has 0 spiro atoms. The van der Waals surface area contributed by atoms with E-state index in [1.54, 1.807) is 12.1 Å². The molecule has 0 radical (unpaired) electrons. The van der Waals surface area contributed by atoms with Crippen LogP contribution in [0.4, 0.5) is 4.39 Å². The van der Waals surface area contributed by atoms with Crippen molar-refractivity contribution in [1.29, 1.82) is 0 Å². The van der Waals surface area contributed by atoms with E-state index in [2.05, 4.69) is 11.2 Å². The van der Waals surface area contributed by atoms with Gasteiger partial charge in [0.2, 0.25) is 0 Å². The highest BCUT2D eigenvalue weighted by Crippen LogP contribution is 2.20. The van der Waals surface area contributed by atoms with Crippen LogP contribution in [0.2, 0.25) is 0 Å². The van der Waals surface area contributed by atoms with Crippen molar-refractivity contribution in [2.24, 2.45) is 0 Å². The molecule has 3 heteroatoms. The quantitative estimate of drug-likeness (QED) is 0.453. The lowest BCUT2D eigenvalue weighted by atomic mass is 10.3. The maximum absolute atomic E-state index is 13.1. The Kier molecular flexibility index (Phi) is 5.13. The zero-order valence-corrected chi connectivity index (χ0v) is 8.61. The lowest BCUT2D eigenvalue weighted by molar-refractivity contribution is 0.602. The van der Waals surface area contributed by atoms with Gasteiger partial charge in [0.15, 0.2) is 0 Å². The van der Waals surface area contributed by atoms with Gasteiger partial charge in [-0.2, -0.15) is 0 Å². The Morgan fingerprint density at radius 1 is 1.43 bits per heavy atom. The van der Waals surface area contributed by atoms with Crippen LogP contribution >= 0.6 is 11.8 Å². The molecule has 0 unspecified atom stereocenters. The molecule has 0 bridgehead atoms. The van der Waals surface area contributed by atoms with Crippen molar-refractivity contribution in [3.63, 3.8) is 0 Å². The van der Waals surface area contributed by atoms with E-state index in [9.17, 15) is 4.39 Å².